The highest BCUT2D eigenvalue weighted by molar-refractivity contribution is 7.13. The van der Waals surface area contributed by atoms with Crippen LogP contribution in [0.3, 0.4) is 0 Å². The lowest BCUT2D eigenvalue weighted by Gasteiger charge is -2.08. The molecule has 3 aromatic rings. The Bertz CT molecular complexity index is 798. The number of anilines is 1. The van der Waals surface area contributed by atoms with Crippen molar-refractivity contribution >= 4 is 33.1 Å². The molecule has 4 rings (SSSR count). The van der Waals surface area contributed by atoms with E-state index < -0.39 is 0 Å². The summed E-state index contributed by atoms with van der Waals surface area (Å²) >= 11 is 1.43. The fourth-order valence-electron chi connectivity index (χ4n) is 2.89. The summed E-state index contributed by atoms with van der Waals surface area (Å²) in [6, 6.07) is 10.2. The first-order valence-corrected chi connectivity index (χ1v) is 7.45. The summed E-state index contributed by atoms with van der Waals surface area (Å²) in [7, 11) is 0. The van der Waals surface area contributed by atoms with Crippen LogP contribution in [0.2, 0.25) is 0 Å². The fourth-order valence-corrected chi connectivity index (χ4v) is 3.42. The number of hydrogen-bond acceptors (Lipinski definition) is 3. The van der Waals surface area contributed by atoms with E-state index in [2.05, 4.69) is 22.4 Å². The number of nitrogens with zero attached hydrogens (tertiary/aromatic N) is 1. The largest absolute Gasteiger partial charge is 0.298 e. The maximum absolute atomic E-state index is 12.4. The summed E-state index contributed by atoms with van der Waals surface area (Å²) in [5.74, 6) is -0.0875. The van der Waals surface area contributed by atoms with E-state index in [1.165, 1.54) is 27.8 Å². The van der Waals surface area contributed by atoms with Gasteiger partial charge in [0.2, 0.25) is 0 Å². The van der Waals surface area contributed by atoms with E-state index in [0.29, 0.717) is 5.13 Å². The molecular weight excluding hydrogens is 268 g/mol. The fraction of sp³-hybridized carbons (Fsp3) is 0.125. The van der Waals surface area contributed by atoms with E-state index in [1.807, 2.05) is 23.6 Å². The Labute approximate surface area is 120 Å². The first kappa shape index (κ1) is 11.6. The van der Waals surface area contributed by atoms with E-state index in [4.69, 9.17) is 0 Å². The lowest BCUT2D eigenvalue weighted by Crippen LogP contribution is -2.12. The Morgan fingerprint density at radius 3 is 2.80 bits per heavy atom. The van der Waals surface area contributed by atoms with Gasteiger partial charge in [-0.15, -0.1) is 11.3 Å². The molecule has 0 spiro atoms. The predicted octanol–water partition coefficient (Wildman–Crippen LogP) is 3.65. The molecule has 1 aliphatic carbocycles. The minimum Gasteiger partial charge on any atom is -0.298 e. The number of thiazole rings is 1. The topological polar surface area (TPSA) is 42.0 Å². The normalized spacial score (nSPS) is 12.8. The average Bonchev–Trinajstić information content (AvgIpc) is 3.10. The van der Waals surface area contributed by atoms with Crippen molar-refractivity contribution in [3.05, 3.63) is 58.6 Å². The molecule has 1 N–H and O–H groups in total. The van der Waals surface area contributed by atoms with Crippen LogP contribution < -0.4 is 5.32 Å². The zero-order chi connectivity index (χ0) is 13.5. The van der Waals surface area contributed by atoms with Gasteiger partial charge in [0.25, 0.3) is 5.91 Å². The molecule has 0 bridgehead atoms. The van der Waals surface area contributed by atoms with Crippen molar-refractivity contribution in [1.29, 1.82) is 0 Å². The molecule has 1 aromatic heterocycles. The van der Waals surface area contributed by atoms with Crippen LogP contribution in [0.25, 0.3) is 10.8 Å². The third kappa shape index (κ3) is 1.72. The molecule has 0 saturated carbocycles. The summed E-state index contributed by atoms with van der Waals surface area (Å²) < 4.78 is 0. The highest BCUT2D eigenvalue weighted by Gasteiger charge is 2.18. The maximum Gasteiger partial charge on any atom is 0.258 e. The molecule has 0 aliphatic heterocycles. The standard InChI is InChI=1S/C16H12N2OS/c19-15(18-16-17-8-9-20-16)13-7-6-11-5-4-10-2-1-3-12(13)14(10)11/h1-3,6-9H,4-5H2,(H,17,18,19). The lowest BCUT2D eigenvalue weighted by atomic mass is 9.99. The second kappa shape index (κ2) is 4.42. The Hall–Kier alpha value is -2.20. The van der Waals surface area contributed by atoms with E-state index in [0.717, 1.165) is 23.8 Å². The first-order valence-electron chi connectivity index (χ1n) is 6.57. The maximum atomic E-state index is 12.4. The number of benzene rings is 2. The van der Waals surface area contributed by atoms with Gasteiger partial charge >= 0.3 is 0 Å². The summed E-state index contributed by atoms with van der Waals surface area (Å²) in [5, 5.41) is 7.66. The SMILES string of the molecule is O=C(Nc1nccs1)c1ccc2c3c(cccc13)CC2. The van der Waals surface area contributed by atoms with Crippen LogP contribution in [0.1, 0.15) is 21.5 Å². The molecule has 1 aliphatic rings. The Balaban J connectivity index is 1.83. The predicted molar refractivity (Wildman–Crippen MR) is 81.4 cm³/mol. The van der Waals surface area contributed by atoms with Crippen molar-refractivity contribution in [3.8, 4) is 0 Å². The molecule has 0 saturated heterocycles. The quantitative estimate of drug-likeness (QED) is 0.778. The number of aryl methyl sites for hydroxylation is 2. The van der Waals surface area contributed by atoms with E-state index in [9.17, 15) is 4.79 Å². The number of aromatic nitrogens is 1. The summed E-state index contributed by atoms with van der Waals surface area (Å²) in [6.07, 6.45) is 3.84. The molecule has 98 valence electrons. The Morgan fingerprint density at radius 1 is 1.15 bits per heavy atom. The molecule has 1 amide bonds. The van der Waals surface area contributed by atoms with Gasteiger partial charge < -0.3 is 0 Å². The zero-order valence-corrected chi connectivity index (χ0v) is 11.5. The molecule has 2 aromatic carbocycles. The second-order valence-corrected chi connectivity index (χ2v) is 5.80. The number of hydrogen-bond donors (Lipinski definition) is 1. The van der Waals surface area contributed by atoms with Crippen LogP contribution >= 0.6 is 11.3 Å². The monoisotopic (exact) mass is 280 g/mol. The lowest BCUT2D eigenvalue weighted by molar-refractivity contribution is 0.102. The van der Waals surface area contributed by atoms with Gasteiger partial charge in [-0.3, -0.25) is 10.1 Å². The van der Waals surface area contributed by atoms with Crippen molar-refractivity contribution < 1.29 is 4.79 Å². The van der Waals surface area contributed by atoms with Gasteiger partial charge in [-0.25, -0.2) is 4.98 Å². The minimum atomic E-state index is -0.0875. The molecule has 0 radical (unpaired) electrons. The van der Waals surface area contributed by atoms with Crippen LogP contribution in [-0.2, 0) is 12.8 Å². The van der Waals surface area contributed by atoms with Crippen molar-refractivity contribution in [2.45, 2.75) is 12.8 Å². The number of carbonyl (C=O) groups excluding carboxylic acids is 1. The van der Waals surface area contributed by atoms with Gasteiger partial charge in [-0.1, -0.05) is 24.3 Å². The van der Waals surface area contributed by atoms with E-state index in [1.54, 1.807) is 6.20 Å². The van der Waals surface area contributed by atoms with Crippen molar-refractivity contribution in [2.75, 3.05) is 5.32 Å². The van der Waals surface area contributed by atoms with Crippen LogP contribution in [0, 0.1) is 0 Å². The second-order valence-electron chi connectivity index (χ2n) is 4.90. The third-order valence-electron chi connectivity index (χ3n) is 3.77. The van der Waals surface area contributed by atoms with Crippen molar-refractivity contribution in [2.24, 2.45) is 0 Å². The third-order valence-corrected chi connectivity index (χ3v) is 4.46. The van der Waals surface area contributed by atoms with Gasteiger partial charge in [-0.05, 0) is 40.8 Å². The van der Waals surface area contributed by atoms with Crippen LogP contribution in [0.5, 0.6) is 0 Å². The Morgan fingerprint density at radius 2 is 2.00 bits per heavy atom. The smallest absolute Gasteiger partial charge is 0.258 e. The van der Waals surface area contributed by atoms with Gasteiger partial charge in [0, 0.05) is 17.1 Å². The average molecular weight is 280 g/mol. The number of amides is 1. The molecule has 4 heteroatoms. The van der Waals surface area contributed by atoms with Crippen molar-refractivity contribution in [1.82, 2.24) is 4.98 Å². The summed E-state index contributed by atoms with van der Waals surface area (Å²) in [5.41, 5.74) is 3.42. The van der Waals surface area contributed by atoms with Crippen molar-refractivity contribution in [3.63, 3.8) is 0 Å². The van der Waals surface area contributed by atoms with Gasteiger partial charge in [0.05, 0.1) is 0 Å². The van der Waals surface area contributed by atoms with Crippen LogP contribution in [-0.4, -0.2) is 10.9 Å². The van der Waals surface area contributed by atoms with Gasteiger partial charge in [-0.2, -0.15) is 0 Å². The minimum absolute atomic E-state index is 0.0875. The van der Waals surface area contributed by atoms with Gasteiger partial charge in [0.1, 0.15) is 0 Å². The van der Waals surface area contributed by atoms with E-state index in [-0.39, 0.29) is 5.91 Å². The Kier molecular flexibility index (Phi) is 2.57. The number of carbonyl (C=O) groups is 1. The van der Waals surface area contributed by atoms with Crippen LogP contribution in [0.15, 0.2) is 41.9 Å². The van der Waals surface area contributed by atoms with E-state index >= 15 is 0 Å². The first-order chi connectivity index (χ1) is 9.83. The van der Waals surface area contributed by atoms with Crippen LogP contribution in [0.4, 0.5) is 5.13 Å². The summed E-state index contributed by atoms with van der Waals surface area (Å²) in [6.45, 7) is 0. The molecule has 3 nitrogen and oxygen atoms in total. The van der Waals surface area contributed by atoms with Gasteiger partial charge in [0.15, 0.2) is 5.13 Å². The zero-order valence-electron chi connectivity index (χ0n) is 10.7. The molecular formula is C16H12N2OS. The molecule has 0 unspecified atom stereocenters. The molecule has 1 heterocycles. The highest BCUT2D eigenvalue weighted by atomic mass is 32.1. The molecule has 0 atom stereocenters. The highest BCUT2D eigenvalue weighted by Crippen LogP contribution is 2.33. The number of nitrogens with one attached hydrogen (secondary N) is 1. The number of rotatable bonds is 2. The molecule has 20 heavy (non-hydrogen) atoms. The molecule has 0 fully saturated rings. The summed E-state index contributed by atoms with van der Waals surface area (Å²) in [4.78, 5) is 16.5.